The maximum Gasteiger partial charge on any atom is 0.240 e. The Labute approximate surface area is 84.2 Å². The van der Waals surface area contributed by atoms with Crippen molar-refractivity contribution in [2.24, 2.45) is 5.73 Å². The van der Waals surface area contributed by atoms with Crippen molar-refractivity contribution in [2.75, 3.05) is 6.61 Å². The lowest BCUT2D eigenvalue weighted by Gasteiger charge is -2.27. The molecule has 0 bridgehead atoms. The molecule has 2 aliphatic rings. The maximum absolute atomic E-state index is 11.7. The quantitative estimate of drug-likeness (QED) is 0.664. The highest BCUT2D eigenvalue weighted by Crippen LogP contribution is 2.33. The summed E-state index contributed by atoms with van der Waals surface area (Å²) < 4.78 is 5.53. The summed E-state index contributed by atoms with van der Waals surface area (Å²) in [5.74, 6) is -0.0129. The lowest BCUT2D eigenvalue weighted by Crippen LogP contribution is -2.52. The van der Waals surface area contributed by atoms with Gasteiger partial charge in [-0.2, -0.15) is 0 Å². The zero-order valence-corrected chi connectivity index (χ0v) is 8.80. The molecule has 3 N–H and O–H groups in total. The van der Waals surface area contributed by atoms with E-state index in [1.165, 1.54) is 0 Å². The van der Waals surface area contributed by atoms with Gasteiger partial charge in [-0.1, -0.05) is 0 Å². The van der Waals surface area contributed by atoms with Crippen molar-refractivity contribution in [3.63, 3.8) is 0 Å². The molecule has 4 heteroatoms. The standard InChI is InChI=1S/C10H18N2O2/c1-9(2)7(3-6-14-9)12-8(13)10(11)4-5-10/h7H,3-6,11H2,1-2H3,(H,12,13). The van der Waals surface area contributed by atoms with Crippen LogP contribution >= 0.6 is 0 Å². The Bertz CT molecular complexity index is 259. The summed E-state index contributed by atoms with van der Waals surface area (Å²) in [5, 5.41) is 2.98. The van der Waals surface area contributed by atoms with Crippen molar-refractivity contribution in [3.05, 3.63) is 0 Å². The minimum absolute atomic E-state index is 0.0129. The normalized spacial score (nSPS) is 32.6. The van der Waals surface area contributed by atoms with E-state index in [4.69, 9.17) is 10.5 Å². The number of hydrogen-bond acceptors (Lipinski definition) is 3. The largest absolute Gasteiger partial charge is 0.373 e. The molecule has 1 aliphatic carbocycles. The van der Waals surface area contributed by atoms with Gasteiger partial charge in [-0.25, -0.2) is 0 Å². The molecule has 1 heterocycles. The molecule has 1 aliphatic heterocycles. The highest BCUT2D eigenvalue weighted by molar-refractivity contribution is 5.89. The van der Waals surface area contributed by atoms with Gasteiger partial charge in [0, 0.05) is 6.61 Å². The first-order valence-corrected chi connectivity index (χ1v) is 5.18. The molecule has 0 aromatic carbocycles. The topological polar surface area (TPSA) is 64.3 Å². The number of rotatable bonds is 2. The lowest BCUT2D eigenvalue weighted by atomic mass is 9.98. The first kappa shape index (κ1) is 9.93. The molecule has 0 radical (unpaired) electrons. The summed E-state index contributed by atoms with van der Waals surface area (Å²) in [4.78, 5) is 11.7. The van der Waals surface area contributed by atoms with Crippen LogP contribution in [-0.4, -0.2) is 29.7 Å². The number of ether oxygens (including phenoxy) is 1. The van der Waals surface area contributed by atoms with Crippen LogP contribution in [0.3, 0.4) is 0 Å². The van der Waals surface area contributed by atoms with E-state index < -0.39 is 5.54 Å². The summed E-state index contributed by atoms with van der Waals surface area (Å²) in [6.07, 6.45) is 2.51. The highest BCUT2D eigenvalue weighted by Gasteiger charge is 2.48. The Morgan fingerprint density at radius 1 is 1.50 bits per heavy atom. The van der Waals surface area contributed by atoms with Crippen LogP contribution in [0.5, 0.6) is 0 Å². The van der Waals surface area contributed by atoms with Crippen LogP contribution in [-0.2, 0) is 9.53 Å². The van der Waals surface area contributed by atoms with Gasteiger partial charge in [0.25, 0.3) is 0 Å². The Kier molecular flexibility index (Phi) is 2.08. The molecule has 1 saturated carbocycles. The second-order valence-electron chi connectivity index (χ2n) is 4.92. The van der Waals surface area contributed by atoms with Crippen molar-refractivity contribution in [2.45, 2.75) is 50.3 Å². The van der Waals surface area contributed by atoms with E-state index in [1.54, 1.807) is 0 Å². The molecule has 2 rings (SSSR count). The average molecular weight is 198 g/mol. The van der Waals surface area contributed by atoms with E-state index in [0.717, 1.165) is 25.9 Å². The molecule has 4 nitrogen and oxygen atoms in total. The third-order valence-corrected chi connectivity index (χ3v) is 3.27. The molecular weight excluding hydrogens is 180 g/mol. The Balaban J connectivity index is 1.94. The fraction of sp³-hybridized carbons (Fsp3) is 0.900. The van der Waals surface area contributed by atoms with E-state index in [2.05, 4.69) is 5.32 Å². The van der Waals surface area contributed by atoms with E-state index >= 15 is 0 Å². The van der Waals surface area contributed by atoms with Gasteiger partial charge >= 0.3 is 0 Å². The number of carbonyl (C=O) groups is 1. The van der Waals surface area contributed by atoms with Crippen LogP contribution in [0.2, 0.25) is 0 Å². The minimum Gasteiger partial charge on any atom is -0.373 e. The van der Waals surface area contributed by atoms with Gasteiger partial charge < -0.3 is 15.8 Å². The summed E-state index contributed by atoms with van der Waals surface area (Å²) in [6.45, 7) is 4.72. The zero-order chi connectivity index (χ0) is 10.4. The summed E-state index contributed by atoms with van der Waals surface area (Å²) in [7, 11) is 0. The van der Waals surface area contributed by atoms with Gasteiger partial charge in [0.2, 0.25) is 5.91 Å². The van der Waals surface area contributed by atoms with Crippen molar-refractivity contribution < 1.29 is 9.53 Å². The zero-order valence-electron chi connectivity index (χ0n) is 8.80. The predicted octanol–water partition coefficient (Wildman–Crippen LogP) is 0.161. The second-order valence-corrected chi connectivity index (χ2v) is 4.92. The summed E-state index contributed by atoms with van der Waals surface area (Å²) in [5.41, 5.74) is 4.98. The number of hydrogen-bond donors (Lipinski definition) is 2. The van der Waals surface area contributed by atoms with Crippen LogP contribution in [0.15, 0.2) is 0 Å². The number of nitrogens with one attached hydrogen (secondary N) is 1. The molecule has 1 unspecified atom stereocenters. The van der Waals surface area contributed by atoms with Crippen molar-refractivity contribution in [1.82, 2.24) is 5.32 Å². The van der Waals surface area contributed by atoms with Crippen molar-refractivity contribution >= 4 is 5.91 Å². The van der Waals surface area contributed by atoms with Gasteiger partial charge in [0.05, 0.1) is 17.2 Å². The van der Waals surface area contributed by atoms with E-state index in [1.807, 2.05) is 13.8 Å². The number of carbonyl (C=O) groups excluding carboxylic acids is 1. The fourth-order valence-electron chi connectivity index (χ4n) is 1.80. The van der Waals surface area contributed by atoms with Crippen LogP contribution in [0.1, 0.15) is 33.1 Å². The van der Waals surface area contributed by atoms with Crippen LogP contribution in [0, 0.1) is 0 Å². The molecule has 14 heavy (non-hydrogen) atoms. The Morgan fingerprint density at radius 3 is 2.57 bits per heavy atom. The second kappa shape index (κ2) is 2.94. The molecule has 1 atom stereocenters. The lowest BCUT2D eigenvalue weighted by molar-refractivity contribution is -0.125. The first-order valence-electron chi connectivity index (χ1n) is 5.18. The molecule has 0 spiro atoms. The van der Waals surface area contributed by atoms with Crippen LogP contribution in [0.4, 0.5) is 0 Å². The molecule has 1 saturated heterocycles. The molecule has 0 aromatic heterocycles. The summed E-state index contributed by atoms with van der Waals surface area (Å²) in [6, 6.07) is 0.107. The maximum atomic E-state index is 11.7. The summed E-state index contributed by atoms with van der Waals surface area (Å²) >= 11 is 0. The third kappa shape index (κ3) is 1.64. The Morgan fingerprint density at radius 2 is 2.14 bits per heavy atom. The number of nitrogens with two attached hydrogens (primary N) is 1. The van der Waals surface area contributed by atoms with Crippen LogP contribution < -0.4 is 11.1 Å². The van der Waals surface area contributed by atoms with Gasteiger partial charge in [0.1, 0.15) is 0 Å². The molecule has 1 amide bonds. The van der Waals surface area contributed by atoms with Crippen molar-refractivity contribution in [3.8, 4) is 0 Å². The highest BCUT2D eigenvalue weighted by atomic mass is 16.5. The molecule has 80 valence electrons. The minimum atomic E-state index is -0.571. The van der Waals surface area contributed by atoms with E-state index in [-0.39, 0.29) is 17.6 Å². The van der Waals surface area contributed by atoms with Gasteiger partial charge in [-0.3, -0.25) is 4.79 Å². The Hall–Kier alpha value is -0.610. The first-order chi connectivity index (χ1) is 6.44. The van der Waals surface area contributed by atoms with E-state index in [9.17, 15) is 4.79 Å². The SMILES string of the molecule is CC1(C)OCCC1NC(=O)C1(N)CC1. The molecular formula is C10H18N2O2. The van der Waals surface area contributed by atoms with Gasteiger partial charge in [-0.05, 0) is 33.1 Å². The van der Waals surface area contributed by atoms with Gasteiger partial charge in [-0.15, -0.1) is 0 Å². The molecule has 2 fully saturated rings. The van der Waals surface area contributed by atoms with Gasteiger partial charge in [0.15, 0.2) is 0 Å². The van der Waals surface area contributed by atoms with E-state index in [0.29, 0.717) is 0 Å². The molecule has 0 aromatic rings. The predicted molar refractivity (Wildman–Crippen MR) is 52.7 cm³/mol. The van der Waals surface area contributed by atoms with Crippen molar-refractivity contribution in [1.29, 1.82) is 0 Å². The third-order valence-electron chi connectivity index (χ3n) is 3.27. The monoisotopic (exact) mass is 198 g/mol. The average Bonchev–Trinajstić information content (AvgIpc) is 2.75. The van der Waals surface area contributed by atoms with Crippen LogP contribution in [0.25, 0.3) is 0 Å². The number of amides is 1. The smallest absolute Gasteiger partial charge is 0.240 e. The fourth-order valence-corrected chi connectivity index (χ4v) is 1.80.